The van der Waals surface area contributed by atoms with Crippen molar-refractivity contribution >= 4 is 10.0 Å². The minimum atomic E-state index is -3.52. The summed E-state index contributed by atoms with van der Waals surface area (Å²) in [5, 5.41) is 0. The molecule has 1 saturated carbocycles. The van der Waals surface area contributed by atoms with E-state index in [2.05, 4.69) is 23.5 Å². The topological polar surface area (TPSA) is 81.4 Å². The van der Waals surface area contributed by atoms with Gasteiger partial charge in [0.25, 0.3) is 0 Å². The van der Waals surface area contributed by atoms with Crippen molar-refractivity contribution in [2.75, 3.05) is 20.2 Å². The van der Waals surface area contributed by atoms with Crippen molar-refractivity contribution in [3.05, 3.63) is 23.8 Å². The van der Waals surface area contributed by atoms with Gasteiger partial charge in [0.05, 0.1) is 24.1 Å². The molecule has 0 saturated heterocycles. The maximum absolute atomic E-state index is 12.3. The Bertz CT molecular complexity index is 674. The molecule has 0 spiro atoms. The van der Waals surface area contributed by atoms with Gasteiger partial charge in [0, 0.05) is 6.54 Å². The van der Waals surface area contributed by atoms with E-state index in [9.17, 15) is 8.42 Å². The molecule has 114 valence electrons. The Balaban J connectivity index is 2.21. The van der Waals surface area contributed by atoms with E-state index >= 15 is 0 Å². The standard InChI is InChI=1S/C15H20N2O3S/c1-11-8-13(11)10-17-21(18,19)14-5-6-15(20-2)12(9-14)4-3-7-16/h5-6,9,11,13,17H,7-8,10,16H2,1-2H3. The third kappa shape index (κ3) is 3.97. The predicted molar refractivity (Wildman–Crippen MR) is 81.4 cm³/mol. The molecule has 2 rings (SSSR count). The molecule has 21 heavy (non-hydrogen) atoms. The molecule has 2 atom stereocenters. The van der Waals surface area contributed by atoms with Crippen molar-refractivity contribution < 1.29 is 13.2 Å². The number of hydrogen-bond acceptors (Lipinski definition) is 4. The van der Waals surface area contributed by atoms with Gasteiger partial charge < -0.3 is 10.5 Å². The maximum atomic E-state index is 12.3. The van der Waals surface area contributed by atoms with Gasteiger partial charge in [-0.25, -0.2) is 13.1 Å². The lowest BCUT2D eigenvalue weighted by atomic mass is 10.2. The number of nitrogens with two attached hydrogens (primary N) is 1. The van der Waals surface area contributed by atoms with Gasteiger partial charge in [-0.15, -0.1) is 0 Å². The Labute approximate surface area is 125 Å². The fraction of sp³-hybridized carbons (Fsp3) is 0.467. The summed E-state index contributed by atoms with van der Waals surface area (Å²) in [6.07, 6.45) is 1.08. The average Bonchev–Trinajstić information content (AvgIpc) is 3.18. The summed E-state index contributed by atoms with van der Waals surface area (Å²) >= 11 is 0. The van der Waals surface area contributed by atoms with E-state index in [1.54, 1.807) is 6.07 Å². The van der Waals surface area contributed by atoms with Gasteiger partial charge in [-0.3, -0.25) is 0 Å². The lowest BCUT2D eigenvalue weighted by molar-refractivity contribution is 0.413. The maximum Gasteiger partial charge on any atom is 0.240 e. The smallest absolute Gasteiger partial charge is 0.240 e. The van der Waals surface area contributed by atoms with Gasteiger partial charge in [0.15, 0.2) is 0 Å². The largest absolute Gasteiger partial charge is 0.495 e. The summed E-state index contributed by atoms with van der Waals surface area (Å²) in [7, 11) is -2.00. The minimum Gasteiger partial charge on any atom is -0.495 e. The van der Waals surface area contributed by atoms with Crippen molar-refractivity contribution in [1.82, 2.24) is 4.72 Å². The lowest BCUT2D eigenvalue weighted by Crippen LogP contribution is -2.26. The Morgan fingerprint density at radius 1 is 1.48 bits per heavy atom. The Kier molecular flexibility index (Phi) is 4.88. The summed E-state index contributed by atoms with van der Waals surface area (Å²) in [6.45, 7) is 2.81. The molecule has 6 heteroatoms. The normalized spacial score (nSPS) is 20.5. The zero-order valence-electron chi connectivity index (χ0n) is 12.2. The molecule has 0 aliphatic heterocycles. The molecule has 1 fully saturated rings. The van der Waals surface area contributed by atoms with Crippen molar-refractivity contribution in [3.8, 4) is 17.6 Å². The van der Waals surface area contributed by atoms with Crippen LogP contribution >= 0.6 is 0 Å². The van der Waals surface area contributed by atoms with Crippen LogP contribution in [0.5, 0.6) is 5.75 Å². The van der Waals surface area contributed by atoms with Crippen LogP contribution in [0.25, 0.3) is 0 Å². The molecule has 0 aromatic heterocycles. The molecule has 1 aromatic carbocycles. The molecule has 3 N–H and O–H groups in total. The number of hydrogen-bond donors (Lipinski definition) is 2. The fourth-order valence-corrected chi connectivity index (χ4v) is 3.20. The van der Waals surface area contributed by atoms with E-state index in [1.165, 1.54) is 19.2 Å². The van der Waals surface area contributed by atoms with Crippen LogP contribution < -0.4 is 15.2 Å². The van der Waals surface area contributed by atoms with Crippen LogP contribution in [0.2, 0.25) is 0 Å². The van der Waals surface area contributed by atoms with Crippen LogP contribution in [0.4, 0.5) is 0 Å². The van der Waals surface area contributed by atoms with Gasteiger partial charge in [0.1, 0.15) is 5.75 Å². The van der Waals surface area contributed by atoms with Crippen molar-refractivity contribution in [3.63, 3.8) is 0 Å². The van der Waals surface area contributed by atoms with Crippen LogP contribution in [0.3, 0.4) is 0 Å². The zero-order chi connectivity index (χ0) is 15.5. The van der Waals surface area contributed by atoms with Gasteiger partial charge in [-0.1, -0.05) is 18.8 Å². The summed E-state index contributed by atoms with van der Waals surface area (Å²) in [5.74, 6) is 7.13. The molecular weight excluding hydrogens is 288 g/mol. The van der Waals surface area contributed by atoms with Crippen LogP contribution in [0.1, 0.15) is 18.9 Å². The van der Waals surface area contributed by atoms with Crippen LogP contribution in [-0.4, -0.2) is 28.6 Å². The number of rotatable bonds is 5. The van der Waals surface area contributed by atoms with Crippen LogP contribution in [0.15, 0.2) is 23.1 Å². The Morgan fingerprint density at radius 3 is 2.76 bits per heavy atom. The van der Waals surface area contributed by atoms with Crippen LogP contribution in [-0.2, 0) is 10.0 Å². The van der Waals surface area contributed by atoms with Gasteiger partial charge in [-0.2, -0.15) is 0 Å². The minimum absolute atomic E-state index is 0.193. The highest BCUT2D eigenvalue weighted by Gasteiger charge is 2.33. The summed E-state index contributed by atoms with van der Waals surface area (Å²) in [5.41, 5.74) is 5.87. The highest BCUT2D eigenvalue weighted by atomic mass is 32.2. The van der Waals surface area contributed by atoms with E-state index in [4.69, 9.17) is 10.5 Å². The third-order valence-electron chi connectivity index (χ3n) is 3.62. The van der Waals surface area contributed by atoms with E-state index in [1.807, 2.05) is 0 Å². The second-order valence-corrected chi connectivity index (χ2v) is 6.96. The Hall–Kier alpha value is -1.55. The molecule has 2 unspecified atom stereocenters. The molecule has 0 radical (unpaired) electrons. The van der Waals surface area contributed by atoms with Gasteiger partial charge in [-0.05, 0) is 36.5 Å². The number of sulfonamides is 1. The van der Waals surface area contributed by atoms with Gasteiger partial charge >= 0.3 is 0 Å². The number of methoxy groups -OCH3 is 1. The Morgan fingerprint density at radius 2 is 2.19 bits per heavy atom. The van der Waals surface area contributed by atoms with Crippen LogP contribution in [0, 0.1) is 23.7 Å². The van der Waals surface area contributed by atoms with Crippen molar-refractivity contribution in [1.29, 1.82) is 0 Å². The van der Waals surface area contributed by atoms with Crippen molar-refractivity contribution in [2.45, 2.75) is 18.2 Å². The lowest BCUT2D eigenvalue weighted by Gasteiger charge is -2.09. The first-order chi connectivity index (χ1) is 9.97. The monoisotopic (exact) mass is 308 g/mol. The predicted octanol–water partition coefficient (Wildman–Crippen LogP) is 0.940. The molecule has 1 aliphatic carbocycles. The SMILES string of the molecule is COc1ccc(S(=O)(=O)NCC2CC2C)cc1C#CCN. The molecule has 5 nitrogen and oxygen atoms in total. The third-order valence-corrected chi connectivity index (χ3v) is 5.04. The number of ether oxygens (including phenoxy) is 1. The van der Waals surface area contributed by atoms with Gasteiger partial charge in [0.2, 0.25) is 10.0 Å². The zero-order valence-corrected chi connectivity index (χ0v) is 13.0. The molecule has 0 heterocycles. The first-order valence-corrected chi connectivity index (χ1v) is 8.33. The first kappa shape index (κ1) is 15.8. The van der Waals surface area contributed by atoms with E-state index in [0.29, 0.717) is 29.7 Å². The highest BCUT2D eigenvalue weighted by molar-refractivity contribution is 7.89. The second-order valence-electron chi connectivity index (χ2n) is 5.19. The molecule has 0 bridgehead atoms. The molecular formula is C15H20N2O3S. The van der Waals surface area contributed by atoms with E-state index < -0.39 is 10.0 Å². The average molecular weight is 308 g/mol. The van der Waals surface area contributed by atoms with E-state index in [-0.39, 0.29) is 11.4 Å². The summed E-state index contributed by atoms with van der Waals surface area (Å²) < 4.78 is 32.4. The summed E-state index contributed by atoms with van der Waals surface area (Å²) in [6, 6.07) is 4.64. The molecule has 1 aliphatic rings. The summed E-state index contributed by atoms with van der Waals surface area (Å²) in [4.78, 5) is 0.193. The number of benzene rings is 1. The number of nitrogens with one attached hydrogen (secondary N) is 1. The molecule has 0 amide bonds. The quantitative estimate of drug-likeness (QED) is 0.793. The second kappa shape index (κ2) is 6.48. The fourth-order valence-electron chi connectivity index (χ4n) is 2.08. The highest BCUT2D eigenvalue weighted by Crippen LogP contribution is 2.37. The van der Waals surface area contributed by atoms with Crippen molar-refractivity contribution in [2.24, 2.45) is 17.6 Å². The molecule has 1 aromatic rings. The van der Waals surface area contributed by atoms with E-state index in [0.717, 1.165) is 6.42 Å². The first-order valence-electron chi connectivity index (χ1n) is 6.84.